The van der Waals surface area contributed by atoms with Crippen LogP contribution in [-0.4, -0.2) is 59.5 Å². The number of rotatable bonds is 4. The van der Waals surface area contributed by atoms with Crippen LogP contribution in [0.4, 0.5) is 0 Å². The number of hydrogen-bond donors (Lipinski definition) is 0. The number of thioether (sulfide) groups is 1. The molecule has 0 N–H and O–H groups in total. The highest BCUT2D eigenvalue weighted by Gasteiger charge is 2.29. The van der Waals surface area contributed by atoms with Gasteiger partial charge in [0.05, 0.1) is 18.3 Å². The summed E-state index contributed by atoms with van der Waals surface area (Å²) < 4.78 is 12.9. The molecular weight excluding hydrogens is 384 g/mol. The molecule has 0 aliphatic carbocycles. The van der Waals surface area contributed by atoms with Crippen molar-refractivity contribution in [3.8, 4) is 5.00 Å². The molecule has 0 saturated carbocycles. The first-order valence-corrected chi connectivity index (χ1v) is 11.0. The van der Waals surface area contributed by atoms with Gasteiger partial charge in [-0.3, -0.25) is 4.79 Å². The summed E-state index contributed by atoms with van der Waals surface area (Å²) in [7, 11) is 0. The van der Waals surface area contributed by atoms with Crippen molar-refractivity contribution in [2.75, 3.05) is 32.1 Å². The molecule has 1 amide bonds. The van der Waals surface area contributed by atoms with E-state index in [1.807, 2.05) is 47.8 Å². The lowest BCUT2D eigenvalue weighted by molar-refractivity contribution is -0.141. The molecule has 0 bridgehead atoms. The number of morpholine rings is 1. The summed E-state index contributed by atoms with van der Waals surface area (Å²) in [4.78, 5) is 28.3. The number of nitrogens with zero attached hydrogens (tertiary/aromatic N) is 2. The highest BCUT2D eigenvalue weighted by molar-refractivity contribution is 7.98. The fourth-order valence-electron chi connectivity index (χ4n) is 3.42. The number of fused-ring (bicyclic) bond motifs is 1. The van der Waals surface area contributed by atoms with Gasteiger partial charge in [-0.1, -0.05) is 0 Å². The second kappa shape index (κ2) is 8.08. The first-order valence-electron chi connectivity index (χ1n) is 9.05. The number of hydrogen-bond acceptors (Lipinski definition) is 6. The summed E-state index contributed by atoms with van der Waals surface area (Å²) in [6.07, 6.45) is 4.74. The van der Waals surface area contributed by atoms with Gasteiger partial charge in [-0.25, -0.2) is 4.79 Å². The van der Waals surface area contributed by atoms with E-state index in [9.17, 15) is 9.59 Å². The third kappa shape index (κ3) is 3.93. The lowest BCUT2D eigenvalue weighted by Gasteiger charge is -2.30. The van der Waals surface area contributed by atoms with Gasteiger partial charge in [-0.15, -0.1) is 11.3 Å². The van der Waals surface area contributed by atoms with Gasteiger partial charge in [0.1, 0.15) is 5.00 Å². The Bertz CT molecular complexity index is 831. The summed E-state index contributed by atoms with van der Waals surface area (Å²) in [5.41, 5.74) is 1.70. The molecule has 2 aliphatic heterocycles. The SMILES string of the molecule is CC1CN(C(=O)COC(=O)c2c(-n3cccc3)sc3c2CCSC3)CCO1. The second-order valence-corrected chi connectivity index (χ2v) is 8.86. The Balaban J connectivity index is 1.51. The number of ether oxygens (including phenoxy) is 2. The van der Waals surface area contributed by atoms with Crippen molar-refractivity contribution in [2.24, 2.45) is 0 Å². The van der Waals surface area contributed by atoms with Crippen LogP contribution in [0.25, 0.3) is 5.00 Å². The van der Waals surface area contributed by atoms with Crippen LogP contribution in [0.1, 0.15) is 27.7 Å². The maximum atomic E-state index is 12.9. The molecule has 2 aliphatic rings. The first kappa shape index (κ1) is 18.6. The van der Waals surface area contributed by atoms with Crippen molar-refractivity contribution < 1.29 is 19.1 Å². The van der Waals surface area contributed by atoms with Crippen molar-refractivity contribution in [3.05, 3.63) is 40.5 Å². The Kier molecular flexibility index (Phi) is 5.56. The number of thiophene rings is 1. The van der Waals surface area contributed by atoms with E-state index in [0.29, 0.717) is 25.3 Å². The fourth-order valence-corrected chi connectivity index (χ4v) is 5.85. The maximum Gasteiger partial charge on any atom is 0.341 e. The smallest absolute Gasteiger partial charge is 0.341 e. The molecule has 1 saturated heterocycles. The van der Waals surface area contributed by atoms with E-state index in [0.717, 1.165) is 28.5 Å². The third-order valence-electron chi connectivity index (χ3n) is 4.77. The summed E-state index contributed by atoms with van der Waals surface area (Å²) in [5, 5.41) is 0.880. The second-order valence-electron chi connectivity index (χ2n) is 6.67. The molecule has 0 spiro atoms. The van der Waals surface area contributed by atoms with Crippen molar-refractivity contribution in [1.82, 2.24) is 9.47 Å². The molecule has 1 unspecified atom stereocenters. The van der Waals surface area contributed by atoms with E-state index < -0.39 is 5.97 Å². The van der Waals surface area contributed by atoms with Gasteiger partial charge < -0.3 is 18.9 Å². The Labute approximate surface area is 166 Å². The summed E-state index contributed by atoms with van der Waals surface area (Å²) in [6, 6.07) is 3.87. The molecule has 6 nitrogen and oxygen atoms in total. The average molecular weight is 407 g/mol. The molecule has 4 heterocycles. The van der Waals surface area contributed by atoms with Crippen LogP contribution in [0, 0.1) is 0 Å². The lowest BCUT2D eigenvalue weighted by atomic mass is 10.1. The molecule has 1 fully saturated rings. The van der Waals surface area contributed by atoms with Crippen LogP contribution in [0.5, 0.6) is 0 Å². The van der Waals surface area contributed by atoms with Crippen LogP contribution in [0.3, 0.4) is 0 Å². The van der Waals surface area contributed by atoms with Gasteiger partial charge in [-0.05, 0) is 36.8 Å². The normalized spacial score (nSPS) is 19.6. The highest BCUT2D eigenvalue weighted by Crippen LogP contribution is 2.38. The minimum atomic E-state index is -0.405. The fraction of sp³-hybridized carbons (Fsp3) is 0.474. The maximum absolute atomic E-state index is 12.9. The predicted molar refractivity (Wildman–Crippen MR) is 106 cm³/mol. The first-order chi connectivity index (χ1) is 13.1. The van der Waals surface area contributed by atoms with Crippen molar-refractivity contribution in [1.29, 1.82) is 0 Å². The topological polar surface area (TPSA) is 60.8 Å². The zero-order chi connectivity index (χ0) is 18.8. The Morgan fingerprint density at radius 1 is 1.33 bits per heavy atom. The van der Waals surface area contributed by atoms with E-state index in [-0.39, 0.29) is 18.6 Å². The van der Waals surface area contributed by atoms with E-state index in [2.05, 4.69) is 0 Å². The zero-order valence-corrected chi connectivity index (χ0v) is 16.8. The molecule has 4 rings (SSSR count). The molecule has 2 aromatic heterocycles. The molecule has 1 atom stereocenters. The van der Waals surface area contributed by atoms with Crippen LogP contribution < -0.4 is 0 Å². The number of esters is 1. The average Bonchev–Trinajstić information content (AvgIpc) is 3.33. The minimum Gasteiger partial charge on any atom is -0.452 e. The third-order valence-corrected chi connectivity index (χ3v) is 7.18. The number of carbonyl (C=O) groups is 2. The van der Waals surface area contributed by atoms with E-state index >= 15 is 0 Å². The van der Waals surface area contributed by atoms with Gasteiger partial charge in [0.25, 0.3) is 5.91 Å². The van der Waals surface area contributed by atoms with Crippen LogP contribution >= 0.6 is 23.1 Å². The molecule has 0 aromatic carbocycles. The lowest BCUT2D eigenvalue weighted by Crippen LogP contribution is -2.46. The predicted octanol–water partition coefficient (Wildman–Crippen LogP) is 2.73. The van der Waals surface area contributed by atoms with Crippen molar-refractivity contribution >= 4 is 35.0 Å². The largest absolute Gasteiger partial charge is 0.452 e. The minimum absolute atomic E-state index is 0.0140. The van der Waals surface area contributed by atoms with E-state index in [4.69, 9.17) is 9.47 Å². The zero-order valence-electron chi connectivity index (χ0n) is 15.2. The molecule has 27 heavy (non-hydrogen) atoms. The van der Waals surface area contributed by atoms with Crippen molar-refractivity contribution in [3.63, 3.8) is 0 Å². The van der Waals surface area contributed by atoms with E-state index in [1.54, 1.807) is 16.2 Å². The Hall–Kier alpha value is -1.77. The number of carbonyl (C=O) groups excluding carboxylic acids is 2. The monoisotopic (exact) mass is 406 g/mol. The molecule has 0 radical (unpaired) electrons. The summed E-state index contributed by atoms with van der Waals surface area (Å²) >= 11 is 3.52. The molecule has 2 aromatic rings. The van der Waals surface area contributed by atoms with Gasteiger partial charge in [0, 0.05) is 36.1 Å². The summed E-state index contributed by atoms with van der Waals surface area (Å²) in [6.45, 7) is 3.31. The van der Waals surface area contributed by atoms with E-state index in [1.165, 1.54) is 4.88 Å². The molecule has 144 valence electrons. The highest BCUT2D eigenvalue weighted by atomic mass is 32.2. The Morgan fingerprint density at radius 2 is 2.15 bits per heavy atom. The van der Waals surface area contributed by atoms with Crippen LogP contribution in [-0.2, 0) is 26.4 Å². The number of amides is 1. The van der Waals surface area contributed by atoms with Gasteiger partial charge in [0.2, 0.25) is 0 Å². The number of aromatic nitrogens is 1. The Morgan fingerprint density at radius 3 is 2.93 bits per heavy atom. The van der Waals surface area contributed by atoms with Gasteiger partial charge in [0.15, 0.2) is 6.61 Å². The summed E-state index contributed by atoms with van der Waals surface area (Å²) in [5.74, 6) is 1.35. The van der Waals surface area contributed by atoms with Gasteiger partial charge in [-0.2, -0.15) is 11.8 Å². The van der Waals surface area contributed by atoms with Crippen molar-refractivity contribution in [2.45, 2.75) is 25.2 Å². The van der Waals surface area contributed by atoms with Crippen LogP contribution in [0.15, 0.2) is 24.5 Å². The molecular formula is C19H22N2O4S2. The quantitative estimate of drug-likeness (QED) is 0.731. The van der Waals surface area contributed by atoms with Gasteiger partial charge >= 0.3 is 5.97 Å². The standard InChI is InChI=1S/C19H22N2O4S2/c1-13-10-21(7-8-24-13)16(22)11-25-19(23)17-14-4-9-26-12-15(14)27-18(17)20-5-2-3-6-20/h2-3,5-6,13H,4,7-12H2,1H3. The van der Waals surface area contributed by atoms with Crippen LogP contribution in [0.2, 0.25) is 0 Å². The molecule has 8 heteroatoms.